The highest BCUT2D eigenvalue weighted by molar-refractivity contribution is 7.92. The van der Waals surface area contributed by atoms with E-state index in [-0.39, 0.29) is 11.4 Å². The molecule has 0 aromatic heterocycles. The number of carbonyl (C=O) groups is 1. The lowest BCUT2D eigenvalue weighted by molar-refractivity contribution is -0.114. The van der Waals surface area contributed by atoms with Crippen molar-refractivity contribution >= 4 is 33.0 Å². The highest BCUT2D eigenvalue weighted by atomic mass is 32.2. The van der Waals surface area contributed by atoms with Crippen LogP contribution in [0.25, 0.3) is 0 Å². The molecule has 7 heteroatoms. The topological polar surface area (TPSA) is 69.7 Å². The largest absolute Gasteiger partial charge is 0.372 e. The Hall–Kier alpha value is -3.32. The van der Waals surface area contributed by atoms with Crippen LogP contribution in [-0.2, 0) is 21.2 Å². The second kappa shape index (κ2) is 10.3. The fourth-order valence-corrected chi connectivity index (χ4v) is 5.71. The van der Waals surface area contributed by atoms with Crippen LogP contribution >= 0.6 is 0 Å². The van der Waals surface area contributed by atoms with Crippen LogP contribution in [0, 0.1) is 6.92 Å². The van der Waals surface area contributed by atoms with E-state index in [9.17, 15) is 13.2 Å². The molecule has 0 radical (unpaired) electrons. The van der Waals surface area contributed by atoms with E-state index in [4.69, 9.17) is 0 Å². The second-order valence-corrected chi connectivity index (χ2v) is 10.5. The van der Waals surface area contributed by atoms with Gasteiger partial charge in [0.15, 0.2) is 0 Å². The Morgan fingerprint density at radius 2 is 1.59 bits per heavy atom. The molecule has 34 heavy (non-hydrogen) atoms. The van der Waals surface area contributed by atoms with Crippen LogP contribution in [0.4, 0.5) is 17.1 Å². The summed E-state index contributed by atoms with van der Waals surface area (Å²) in [6.45, 7) is 5.66. The van der Waals surface area contributed by atoms with Crippen molar-refractivity contribution in [1.82, 2.24) is 0 Å². The summed E-state index contributed by atoms with van der Waals surface area (Å²) < 4.78 is 28.5. The number of rotatable bonds is 8. The minimum Gasteiger partial charge on any atom is -0.372 e. The molecule has 0 saturated carbocycles. The number of nitrogens with zero attached hydrogens (tertiary/aromatic N) is 2. The average molecular weight is 478 g/mol. The Morgan fingerprint density at radius 1 is 0.941 bits per heavy atom. The summed E-state index contributed by atoms with van der Waals surface area (Å²) in [6, 6.07) is 21.7. The summed E-state index contributed by atoms with van der Waals surface area (Å²) >= 11 is 0. The van der Waals surface area contributed by atoms with Gasteiger partial charge in [-0.1, -0.05) is 42.8 Å². The number of nitrogens with one attached hydrogen (secondary N) is 1. The molecule has 3 aromatic rings. The second-order valence-electron chi connectivity index (χ2n) is 8.60. The molecule has 1 saturated heterocycles. The molecule has 1 aliphatic rings. The summed E-state index contributed by atoms with van der Waals surface area (Å²) in [5.41, 5.74) is 4.13. The predicted octanol–water partition coefficient (Wildman–Crippen LogP) is 4.99. The maximum absolute atomic E-state index is 13.6. The Bertz CT molecular complexity index is 1230. The van der Waals surface area contributed by atoms with Crippen LogP contribution in [0.15, 0.2) is 77.7 Å². The summed E-state index contributed by atoms with van der Waals surface area (Å²) in [6.07, 6.45) is 3.04. The van der Waals surface area contributed by atoms with Crippen molar-refractivity contribution in [3.63, 3.8) is 0 Å². The standard InChI is InChI=1S/C27H31N3O3S/c1-3-22-8-4-5-9-26(22)30(34(32,33)25-16-10-21(2)11-17-25)20-27(31)28-23-12-14-24(15-13-23)29-18-6-7-19-29/h4-5,8-17H,3,6-7,18-20H2,1-2H3,(H,28,31). The number of hydrogen-bond donors (Lipinski definition) is 1. The van der Waals surface area contributed by atoms with E-state index in [0.717, 1.165) is 29.9 Å². The highest BCUT2D eigenvalue weighted by Crippen LogP contribution is 2.28. The van der Waals surface area contributed by atoms with Crippen LogP contribution < -0.4 is 14.5 Å². The normalized spacial score (nSPS) is 13.6. The molecular weight excluding hydrogens is 446 g/mol. The Balaban J connectivity index is 1.59. The van der Waals surface area contributed by atoms with Crippen molar-refractivity contribution in [2.45, 2.75) is 38.0 Å². The number of para-hydroxylation sites is 1. The van der Waals surface area contributed by atoms with Gasteiger partial charge in [-0.2, -0.15) is 0 Å². The van der Waals surface area contributed by atoms with Gasteiger partial charge in [0, 0.05) is 24.5 Å². The number of anilines is 3. The maximum Gasteiger partial charge on any atom is 0.264 e. The van der Waals surface area contributed by atoms with Gasteiger partial charge in [0.05, 0.1) is 10.6 Å². The first kappa shape index (κ1) is 23.8. The van der Waals surface area contributed by atoms with Crippen LogP contribution in [-0.4, -0.2) is 34.0 Å². The molecule has 0 aliphatic carbocycles. The van der Waals surface area contributed by atoms with Crippen LogP contribution in [0.3, 0.4) is 0 Å². The quantitative estimate of drug-likeness (QED) is 0.496. The summed E-state index contributed by atoms with van der Waals surface area (Å²) in [5.74, 6) is -0.393. The monoisotopic (exact) mass is 477 g/mol. The molecule has 4 rings (SSSR count). The van der Waals surface area contributed by atoms with Crippen molar-refractivity contribution in [3.05, 3.63) is 83.9 Å². The van der Waals surface area contributed by atoms with Gasteiger partial charge in [-0.15, -0.1) is 0 Å². The van der Waals surface area contributed by atoms with Crippen molar-refractivity contribution < 1.29 is 13.2 Å². The van der Waals surface area contributed by atoms with E-state index in [1.807, 2.05) is 50.2 Å². The molecule has 1 fully saturated rings. The van der Waals surface area contributed by atoms with Crippen LogP contribution in [0.1, 0.15) is 30.9 Å². The van der Waals surface area contributed by atoms with Crippen molar-refractivity contribution in [2.24, 2.45) is 0 Å². The molecule has 0 bridgehead atoms. The molecule has 178 valence electrons. The van der Waals surface area contributed by atoms with E-state index in [2.05, 4.69) is 10.2 Å². The van der Waals surface area contributed by atoms with Gasteiger partial charge in [0.25, 0.3) is 10.0 Å². The molecule has 0 unspecified atom stereocenters. The third-order valence-electron chi connectivity index (χ3n) is 6.16. The number of sulfonamides is 1. The van der Waals surface area contributed by atoms with Gasteiger partial charge in [-0.3, -0.25) is 9.10 Å². The zero-order chi connectivity index (χ0) is 24.1. The van der Waals surface area contributed by atoms with Gasteiger partial charge in [0.1, 0.15) is 6.54 Å². The zero-order valence-corrected chi connectivity index (χ0v) is 20.5. The van der Waals surface area contributed by atoms with E-state index in [0.29, 0.717) is 17.8 Å². The Kier molecular flexibility index (Phi) is 7.22. The Labute approximate surface area is 202 Å². The summed E-state index contributed by atoms with van der Waals surface area (Å²) in [7, 11) is -3.94. The molecule has 6 nitrogen and oxygen atoms in total. The predicted molar refractivity (Wildman–Crippen MR) is 138 cm³/mol. The number of amides is 1. The molecular formula is C27H31N3O3S. The zero-order valence-electron chi connectivity index (χ0n) is 19.7. The molecule has 0 atom stereocenters. The molecule has 1 amide bonds. The highest BCUT2D eigenvalue weighted by Gasteiger charge is 2.28. The Morgan fingerprint density at radius 3 is 2.24 bits per heavy atom. The summed E-state index contributed by atoms with van der Waals surface area (Å²) in [5, 5.41) is 2.87. The van der Waals surface area contributed by atoms with Gasteiger partial charge < -0.3 is 10.2 Å². The van der Waals surface area contributed by atoms with E-state index in [1.165, 1.54) is 17.1 Å². The maximum atomic E-state index is 13.6. The van der Waals surface area contributed by atoms with Gasteiger partial charge in [-0.05, 0) is 74.2 Å². The minimum atomic E-state index is -3.94. The fraction of sp³-hybridized carbons (Fsp3) is 0.296. The number of benzene rings is 3. The first-order valence-electron chi connectivity index (χ1n) is 11.7. The first-order valence-corrected chi connectivity index (χ1v) is 13.1. The SMILES string of the molecule is CCc1ccccc1N(CC(=O)Nc1ccc(N2CCCC2)cc1)S(=O)(=O)c1ccc(C)cc1. The first-order chi connectivity index (χ1) is 16.4. The van der Waals surface area contributed by atoms with Crippen molar-refractivity contribution in [3.8, 4) is 0 Å². The molecule has 1 heterocycles. The minimum absolute atomic E-state index is 0.159. The summed E-state index contributed by atoms with van der Waals surface area (Å²) in [4.78, 5) is 15.5. The molecule has 3 aromatic carbocycles. The number of hydrogen-bond acceptors (Lipinski definition) is 4. The molecule has 1 N–H and O–H groups in total. The number of aryl methyl sites for hydroxylation is 2. The van der Waals surface area contributed by atoms with Gasteiger partial charge >= 0.3 is 0 Å². The van der Waals surface area contributed by atoms with Crippen LogP contribution in [0.2, 0.25) is 0 Å². The lowest BCUT2D eigenvalue weighted by Gasteiger charge is -2.26. The van der Waals surface area contributed by atoms with E-state index >= 15 is 0 Å². The molecule has 0 spiro atoms. The van der Waals surface area contributed by atoms with Gasteiger partial charge in [0.2, 0.25) is 5.91 Å². The smallest absolute Gasteiger partial charge is 0.264 e. The van der Waals surface area contributed by atoms with Crippen molar-refractivity contribution in [1.29, 1.82) is 0 Å². The van der Waals surface area contributed by atoms with Crippen molar-refractivity contribution in [2.75, 3.05) is 34.2 Å². The fourth-order valence-electron chi connectivity index (χ4n) is 4.25. The third kappa shape index (κ3) is 5.25. The average Bonchev–Trinajstić information content (AvgIpc) is 3.38. The lowest BCUT2D eigenvalue weighted by atomic mass is 10.1. The van der Waals surface area contributed by atoms with E-state index in [1.54, 1.807) is 36.4 Å². The molecule has 1 aliphatic heterocycles. The van der Waals surface area contributed by atoms with E-state index < -0.39 is 15.9 Å². The lowest BCUT2D eigenvalue weighted by Crippen LogP contribution is -2.38. The third-order valence-corrected chi connectivity index (χ3v) is 7.93. The number of carbonyl (C=O) groups excluding carboxylic acids is 1. The van der Waals surface area contributed by atoms with Gasteiger partial charge in [-0.25, -0.2) is 8.42 Å². The van der Waals surface area contributed by atoms with Crippen LogP contribution in [0.5, 0.6) is 0 Å².